The molecule has 2 heterocycles. The van der Waals surface area contributed by atoms with Gasteiger partial charge in [-0.2, -0.15) is 5.10 Å². The molecule has 0 bridgehead atoms. The number of aromatic nitrogens is 3. The second kappa shape index (κ2) is 7.21. The van der Waals surface area contributed by atoms with E-state index in [1.807, 2.05) is 39.8 Å². The summed E-state index contributed by atoms with van der Waals surface area (Å²) in [5, 5.41) is 4.49. The van der Waals surface area contributed by atoms with Crippen molar-refractivity contribution >= 4 is 5.91 Å². The lowest BCUT2D eigenvalue weighted by Crippen LogP contribution is -2.44. The van der Waals surface area contributed by atoms with Crippen LogP contribution in [0.1, 0.15) is 50.4 Å². The first-order chi connectivity index (χ1) is 13.0. The van der Waals surface area contributed by atoms with Crippen molar-refractivity contribution in [2.45, 2.75) is 50.7 Å². The zero-order valence-electron chi connectivity index (χ0n) is 15.9. The average Bonchev–Trinajstić information content (AvgIpc) is 3.48. The molecule has 2 aliphatic rings. The minimum absolute atomic E-state index is 0.0120. The number of hydrogen-bond donors (Lipinski definition) is 0. The third kappa shape index (κ3) is 3.63. The molecule has 27 heavy (non-hydrogen) atoms. The third-order valence-corrected chi connectivity index (χ3v) is 5.47. The van der Waals surface area contributed by atoms with Crippen molar-refractivity contribution in [3.05, 3.63) is 46.6 Å². The average molecular weight is 370 g/mol. The smallest absolute Gasteiger partial charge is 0.345 e. The maximum Gasteiger partial charge on any atom is 0.345 e. The van der Waals surface area contributed by atoms with Gasteiger partial charge in [-0.15, -0.1) is 0 Å². The lowest BCUT2D eigenvalue weighted by molar-refractivity contribution is -0.139. The largest absolute Gasteiger partial charge is 0.481 e. The Morgan fingerprint density at radius 1 is 1.15 bits per heavy atom. The van der Waals surface area contributed by atoms with E-state index in [0.717, 1.165) is 31.5 Å². The van der Waals surface area contributed by atoms with Gasteiger partial charge in [0.15, 0.2) is 6.10 Å². The maximum atomic E-state index is 12.7. The lowest BCUT2D eigenvalue weighted by Gasteiger charge is -2.33. The van der Waals surface area contributed by atoms with E-state index in [0.29, 0.717) is 24.9 Å². The molecule has 1 aliphatic carbocycles. The number of benzene rings is 1. The molecular formula is C20H26N4O3. The molecule has 0 radical (unpaired) electrons. The van der Waals surface area contributed by atoms with Crippen LogP contribution in [-0.4, -0.2) is 44.3 Å². The molecule has 0 spiro atoms. The van der Waals surface area contributed by atoms with Gasteiger partial charge in [0.05, 0.1) is 0 Å². The first-order valence-electron chi connectivity index (χ1n) is 9.70. The molecule has 7 heteroatoms. The summed E-state index contributed by atoms with van der Waals surface area (Å²) < 4.78 is 9.09. The Morgan fingerprint density at radius 3 is 2.44 bits per heavy atom. The molecule has 1 saturated carbocycles. The number of amides is 1. The van der Waals surface area contributed by atoms with Gasteiger partial charge in [-0.1, -0.05) is 18.2 Å². The Kier molecular flexibility index (Phi) is 4.76. The monoisotopic (exact) mass is 370 g/mol. The second-order valence-electron chi connectivity index (χ2n) is 7.54. The number of carbonyl (C=O) groups is 1. The van der Waals surface area contributed by atoms with Crippen LogP contribution >= 0.6 is 0 Å². The van der Waals surface area contributed by atoms with E-state index in [4.69, 9.17) is 4.74 Å². The first-order valence-corrected chi connectivity index (χ1v) is 9.70. The number of rotatable bonds is 5. The quantitative estimate of drug-likeness (QED) is 0.808. The van der Waals surface area contributed by atoms with Crippen LogP contribution in [0, 0.1) is 0 Å². The number of para-hydroxylation sites is 1. The molecule has 1 aliphatic heterocycles. The molecule has 7 nitrogen and oxygen atoms in total. The second-order valence-corrected chi connectivity index (χ2v) is 7.54. The highest BCUT2D eigenvalue weighted by atomic mass is 16.5. The van der Waals surface area contributed by atoms with Crippen molar-refractivity contribution in [3.8, 4) is 5.75 Å². The first kappa shape index (κ1) is 17.8. The normalized spacial score (nSPS) is 19.1. The molecule has 1 atom stereocenters. The molecule has 2 fully saturated rings. The molecule has 2 aromatic rings. The molecule has 1 saturated heterocycles. The Morgan fingerprint density at radius 2 is 1.81 bits per heavy atom. The van der Waals surface area contributed by atoms with Crippen LogP contribution in [-0.2, 0) is 11.8 Å². The molecule has 144 valence electrons. The fourth-order valence-corrected chi connectivity index (χ4v) is 3.82. The predicted octanol–water partition coefficient (Wildman–Crippen LogP) is 2.09. The summed E-state index contributed by atoms with van der Waals surface area (Å²) in [6.45, 7) is 3.13. The van der Waals surface area contributed by atoms with Crippen LogP contribution in [0.5, 0.6) is 5.75 Å². The van der Waals surface area contributed by atoms with Crippen LogP contribution in [0.15, 0.2) is 35.1 Å². The summed E-state index contributed by atoms with van der Waals surface area (Å²) in [6, 6.07) is 9.74. The van der Waals surface area contributed by atoms with Gasteiger partial charge in [0.2, 0.25) is 0 Å². The van der Waals surface area contributed by atoms with Gasteiger partial charge in [-0.05, 0) is 44.7 Å². The molecule has 0 N–H and O–H groups in total. The van der Waals surface area contributed by atoms with E-state index in [1.54, 1.807) is 14.0 Å². The van der Waals surface area contributed by atoms with Crippen molar-refractivity contribution < 1.29 is 9.53 Å². The molecule has 1 amide bonds. The summed E-state index contributed by atoms with van der Waals surface area (Å²) in [5.74, 6) is 1.84. The van der Waals surface area contributed by atoms with E-state index in [-0.39, 0.29) is 17.5 Å². The zero-order valence-corrected chi connectivity index (χ0v) is 15.9. The van der Waals surface area contributed by atoms with Gasteiger partial charge in [0.1, 0.15) is 11.6 Å². The third-order valence-electron chi connectivity index (χ3n) is 5.47. The Balaban J connectivity index is 1.38. The van der Waals surface area contributed by atoms with Crippen molar-refractivity contribution in [2.24, 2.45) is 7.05 Å². The highest BCUT2D eigenvalue weighted by molar-refractivity contribution is 5.81. The van der Waals surface area contributed by atoms with Gasteiger partial charge in [0, 0.05) is 32.1 Å². The maximum absolute atomic E-state index is 12.7. The highest BCUT2D eigenvalue weighted by Crippen LogP contribution is 2.37. The Labute approximate surface area is 158 Å². The number of aryl methyl sites for hydroxylation is 1. The molecular weight excluding hydrogens is 344 g/mol. The van der Waals surface area contributed by atoms with Crippen LogP contribution in [0.4, 0.5) is 0 Å². The van der Waals surface area contributed by atoms with Crippen LogP contribution in [0.2, 0.25) is 0 Å². The highest BCUT2D eigenvalue weighted by Gasteiger charge is 2.35. The van der Waals surface area contributed by atoms with Gasteiger partial charge >= 0.3 is 5.69 Å². The standard InChI is InChI=1S/C20H26N4O3/c1-14(27-17-6-4-3-5-7-17)19(25)23-12-10-15(11-13-23)18-21-22(2)20(26)24(18)16-8-9-16/h3-7,14-16H,8-13H2,1-2H3. The van der Waals surface area contributed by atoms with E-state index in [1.165, 1.54) is 4.68 Å². The van der Waals surface area contributed by atoms with Crippen LogP contribution in [0.3, 0.4) is 0 Å². The van der Waals surface area contributed by atoms with E-state index >= 15 is 0 Å². The van der Waals surface area contributed by atoms with Gasteiger partial charge in [-0.3, -0.25) is 9.36 Å². The predicted molar refractivity (Wildman–Crippen MR) is 101 cm³/mol. The van der Waals surface area contributed by atoms with Crippen molar-refractivity contribution in [2.75, 3.05) is 13.1 Å². The number of hydrogen-bond acceptors (Lipinski definition) is 4. The summed E-state index contributed by atoms with van der Waals surface area (Å²) >= 11 is 0. The number of carbonyl (C=O) groups excluding carboxylic acids is 1. The zero-order chi connectivity index (χ0) is 19.0. The van der Waals surface area contributed by atoms with Crippen molar-refractivity contribution in [1.82, 2.24) is 19.2 Å². The molecule has 1 unspecified atom stereocenters. The van der Waals surface area contributed by atoms with Crippen LogP contribution in [0.25, 0.3) is 0 Å². The van der Waals surface area contributed by atoms with E-state index in [2.05, 4.69) is 5.10 Å². The number of nitrogens with zero attached hydrogens (tertiary/aromatic N) is 4. The Hall–Kier alpha value is -2.57. The van der Waals surface area contributed by atoms with E-state index in [9.17, 15) is 9.59 Å². The summed E-state index contributed by atoms with van der Waals surface area (Å²) in [6.07, 6.45) is 3.26. The van der Waals surface area contributed by atoms with Crippen molar-refractivity contribution in [3.63, 3.8) is 0 Å². The van der Waals surface area contributed by atoms with Gasteiger partial charge < -0.3 is 9.64 Å². The lowest BCUT2D eigenvalue weighted by atomic mass is 9.95. The molecule has 1 aromatic carbocycles. The topological polar surface area (TPSA) is 69.4 Å². The van der Waals surface area contributed by atoms with E-state index < -0.39 is 6.10 Å². The van der Waals surface area contributed by atoms with Gasteiger partial charge in [-0.25, -0.2) is 9.48 Å². The number of piperidine rings is 1. The SMILES string of the molecule is CC(Oc1ccccc1)C(=O)N1CCC(c2nn(C)c(=O)n2C2CC2)CC1. The minimum Gasteiger partial charge on any atom is -0.481 e. The number of ether oxygens (including phenoxy) is 1. The van der Waals surface area contributed by atoms with Crippen LogP contribution < -0.4 is 10.4 Å². The summed E-state index contributed by atoms with van der Waals surface area (Å²) in [5.41, 5.74) is -0.0177. The molecule has 1 aromatic heterocycles. The summed E-state index contributed by atoms with van der Waals surface area (Å²) in [4.78, 5) is 26.9. The Bertz CT molecular complexity index is 861. The summed E-state index contributed by atoms with van der Waals surface area (Å²) in [7, 11) is 1.71. The minimum atomic E-state index is -0.511. The number of likely N-dealkylation sites (tertiary alicyclic amines) is 1. The fourth-order valence-electron chi connectivity index (χ4n) is 3.82. The molecule has 4 rings (SSSR count). The van der Waals surface area contributed by atoms with Crippen molar-refractivity contribution in [1.29, 1.82) is 0 Å². The van der Waals surface area contributed by atoms with Gasteiger partial charge in [0.25, 0.3) is 5.91 Å². The fraction of sp³-hybridized carbons (Fsp3) is 0.550.